The highest BCUT2D eigenvalue weighted by Crippen LogP contribution is 2.18. The summed E-state index contributed by atoms with van der Waals surface area (Å²) in [4.78, 5) is 18.1. The van der Waals surface area contributed by atoms with E-state index < -0.39 is 5.82 Å². The Morgan fingerprint density at radius 2 is 1.88 bits per heavy atom. The van der Waals surface area contributed by atoms with E-state index in [1.807, 2.05) is 31.2 Å². The van der Waals surface area contributed by atoms with Crippen molar-refractivity contribution >= 4 is 5.91 Å². The highest BCUT2D eigenvalue weighted by atomic mass is 19.1. The summed E-state index contributed by atoms with van der Waals surface area (Å²) in [5, 5.41) is 3.94. The van der Waals surface area contributed by atoms with Crippen molar-refractivity contribution in [3.05, 3.63) is 71.3 Å². The van der Waals surface area contributed by atoms with Crippen LogP contribution in [0.4, 0.5) is 4.39 Å². The van der Waals surface area contributed by atoms with Gasteiger partial charge in [-0.25, -0.2) is 4.39 Å². The van der Waals surface area contributed by atoms with Crippen LogP contribution in [0.3, 0.4) is 0 Å². The molecule has 1 aromatic heterocycles. The molecule has 0 bridgehead atoms. The zero-order valence-electron chi connectivity index (χ0n) is 14.1. The molecule has 3 aromatic rings. The predicted molar refractivity (Wildman–Crippen MR) is 91.5 cm³/mol. The molecule has 0 aliphatic heterocycles. The van der Waals surface area contributed by atoms with Crippen molar-refractivity contribution in [1.82, 2.24) is 15.0 Å². The summed E-state index contributed by atoms with van der Waals surface area (Å²) < 4.78 is 19.0. The van der Waals surface area contributed by atoms with Crippen LogP contribution in [0.1, 0.15) is 21.7 Å². The minimum Gasteiger partial charge on any atom is -0.341 e. The number of benzene rings is 2. The number of aromatic nitrogens is 2. The number of nitrogens with zero attached hydrogens (tertiary/aromatic N) is 3. The van der Waals surface area contributed by atoms with Crippen LogP contribution in [0.25, 0.3) is 11.5 Å². The SMILES string of the molecule is Cc1ccc(-c2nc(CCN(C)C(=O)c3ccccc3F)no2)cc1. The van der Waals surface area contributed by atoms with Gasteiger partial charge in [0.05, 0.1) is 5.56 Å². The maximum Gasteiger partial charge on any atom is 0.257 e. The van der Waals surface area contributed by atoms with Gasteiger partial charge >= 0.3 is 0 Å². The zero-order chi connectivity index (χ0) is 17.8. The maximum absolute atomic E-state index is 13.7. The van der Waals surface area contributed by atoms with Crippen molar-refractivity contribution in [2.24, 2.45) is 0 Å². The van der Waals surface area contributed by atoms with Crippen LogP contribution in [-0.2, 0) is 6.42 Å². The molecule has 1 amide bonds. The van der Waals surface area contributed by atoms with Crippen molar-refractivity contribution in [3.8, 4) is 11.5 Å². The quantitative estimate of drug-likeness (QED) is 0.714. The third-order valence-corrected chi connectivity index (χ3v) is 3.89. The Balaban J connectivity index is 1.63. The van der Waals surface area contributed by atoms with Gasteiger partial charge in [-0.05, 0) is 31.2 Å². The van der Waals surface area contributed by atoms with Gasteiger partial charge in [0.25, 0.3) is 11.8 Å². The number of carbonyl (C=O) groups is 1. The van der Waals surface area contributed by atoms with Crippen LogP contribution < -0.4 is 0 Å². The summed E-state index contributed by atoms with van der Waals surface area (Å²) in [6.45, 7) is 2.37. The van der Waals surface area contributed by atoms with E-state index in [2.05, 4.69) is 10.1 Å². The van der Waals surface area contributed by atoms with E-state index in [0.717, 1.165) is 11.1 Å². The molecule has 2 aromatic carbocycles. The van der Waals surface area contributed by atoms with E-state index in [-0.39, 0.29) is 11.5 Å². The van der Waals surface area contributed by atoms with Gasteiger partial charge in [-0.3, -0.25) is 4.79 Å². The monoisotopic (exact) mass is 339 g/mol. The van der Waals surface area contributed by atoms with Crippen molar-refractivity contribution < 1.29 is 13.7 Å². The van der Waals surface area contributed by atoms with Crippen LogP contribution in [0.15, 0.2) is 53.1 Å². The molecular formula is C19H18FN3O2. The van der Waals surface area contributed by atoms with Crippen molar-refractivity contribution in [2.75, 3.05) is 13.6 Å². The lowest BCUT2D eigenvalue weighted by atomic mass is 10.1. The summed E-state index contributed by atoms with van der Waals surface area (Å²) in [6, 6.07) is 13.7. The number of halogens is 1. The largest absolute Gasteiger partial charge is 0.341 e. The Morgan fingerprint density at radius 3 is 2.60 bits per heavy atom. The molecule has 0 atom stereocenters. The minimum absolute atomic E-state index is 0.0541. The van der Waals surface area contributed by atoms with Gasteiger partial charge in [0.2, 0.25) is 0 Å². The number of likely N-dealkylation sites (N-methyl/N-ethyl adjacent to an activating group) is 1. The number of aryl methyl sites for hydroxylation is 1. The lowest BCUT2D eigenvalue weighted by molar-refractivity contribution is 0.0791. The van der Waals surface area contributed by atoms with Gasteiger partial charge in [0.15, 0.2) is 5.82 Å². The Bertz CT molecular complexity index is 874. The second kappa shape index (κ2) is 7.25. The molecule has 1 heterocycles. The molecule has 5 nitrogen and oxygen atoms in total. The molecule has 0 spiro atoms. The highest BCUT2D eigenvalue weighted by Gasteiger charge is 2.16. The fraction of sp³-hybridized carbons (Fsp3) is 0.211. The molecule has 0 aliphatic rings. The highest BCUT2D eigenvalue weighted by molar-refractivity contribution is 5.94. The van der Waals surface area contributed by atoms with Gasteiger partial charge in [-0.2, -0.15) is 4.98 Å². The van der Waals surface area contributed by atoms with Crippen molar-refractivity contribution in [3.63, 3.8) is 0 Å². The van der Waals surface area contributed by atoms with Crippen LogP contribution in [0.2, 0.25) is 0 Å². The number of rotatable bonds is 5. The molecule has 0 N–H and O–H groups in total. The molecule has 0 fully saturated rings. The first kappa shape index (κ1) is 16.8. The van der Waals surface area contributed by atoms with E-state index in [1.165, 1.54) is 17.0 Å². The van der Waals surface area contributed by atoms with Crippen molar-refractivity contribution in [2.45, 2.75) is 13.3 Å². The van der Waals surface area contributed by atoms with E-state index in [0.29, 0.717) is 24.7 Å². The molecule has 0 saturated carbocycles. The molecule has 0 aliphatic carbocycles. The van der Waals surface area contributed by atoms with Crippen LogP contribution >= 0.6 is 0 Å². The summed E-state index contributed by atoms with van der Waals surface area (Å²) in [6.07, 6.45) is 0.423. The smallest absolute Gasteiger partial charge is 0.257 e. The minimum atomic E-state index is -0.527. The first-order valence-corrected chi connectivity index (χ1v) is 7.94. The van der Waals surface area contributed by atoms with E-state index in [4.69, 9.17) is 4.52 Å². The standard InChI is InChI=1S/C19H18FN3O2/c1-13-7-9-14(10-8-13)18-21-17(22-25-18)11-12-23(2)19(24)15-5-3-4-6-16(15)20/h3-10H,11-12H2,1-2H3. The molecular weight excluding hydrogens is 321 g/mol. The third kappa shape index (κ3) is 3.91. The van der Waals surface area contributed by atoms with Crippen LogP contribution in [0.5, 0.6) is 0 Å². The normalized spacial score (nSPS) is 10.7. The van der Waals surface area contributed by atoms with E-state index in [1.54, 1.807) is 19.2 Å². The fourth-order valence-electron chi connectivity index (χ4n) is 2.38. The second-order valence-corrected chi connectivity index (χ2v) is 5.84. The molecule has 3 rings (SSSR count). The average molecular weight is 339 g/mol. The molecule has 128 valence electrons. The second-order valence-electron chi connectivity index (χ2n) is 5.84. The summed E-state index contributed by atoms with van der Waals surface area (Å²) in [5.41, 5.74) is 2.05. The first-order chi connectivity index (χ1) is 12.0. The van der Waals surface area contributed by atoms with Crippen LogP contribution in [0, 0.1) is 12.7 Å². The molecule has 0 unspecified atom stereocenters. The average Bonchev–Trinajstić information content (AvgIpc) is 3.09. The predicted octanol–water partition coefficient (Wildman–Crippen LogP) is 3.50. The molecule has 6 heteroatoms. The van der Waals surface area contributed by atoms with E-state index >= 15 is 0 Å². The number of carbonyl (C=O) groups excluding carboxylic acids is 1. The van der Waals surface area contributed by atoms with Gasteiger partial charge in [0.1, 0.15) is 5.82 Å². The summed E-state index contributed by atoms with van der Waals surface area (Å²) in [7, 11) is 1.62. The van der Waals surface area contributed by atoms with Gasteiger partial charge in [0, 0.05) is 25.6 Å². The Labute approximate surface area is 145 Å². The number of hydrogen-bond acceptors (Lipinski definition) is 4. The lowest BCUT2D eigenvalue weighted by Crippen LogP contribution is -2.29. The van der Waals surface area contributed by atoms with Gasteiger partial charge < -0.3 is 9.42 Å². The third-order valence-electron chi connectivity index (χ3n) is 3.89. The first-order valence-electron chi connectivity index (χ1n) is 7.94. The van der Waals surface area contributed by atoms with E-state index in [9.17, 15) is 9.18 Å². The Kier molecular flexibility index (Phi) is 4.88. The van der Waals surface area contributed by atoms with Crippen LogP contribution in [-0.4, -0.2) is 34.5 Å². The molecule has 25 heavy (non-hydrogen) atoms. The van der Waals surface area contributed by atoms with Gasteiger partial charge in [-0.15, -0.1) is 0 Å². The molecule has 0 radical (unpaired) electrons. The van der Waals surface area contributed by atoms with Gasteiger partial charge in [-0.1, -0.05) is 35.0 Å². The number of hydrogen-bond donors (Lipinski definition) is 0. The Morgan fingerprint density at radius 1 is 1.16 bits per heavy atom. The fourth-order valence-corrected chi connectivity index (χ4v) is 2.38. The lowest BCUT2D eigenvalue weighted by Gasteiger charge is -2.16. The summed E-state index contributed by atoms with van der Waals surface area (Å²) >= 11 is 0. The summed E-state index contributed by atoms with van der Waals surface area (Å²) in [5.74, 6) is 0.0442. The maximum atomic E-state index is 13.7. The number of amides is 1. The Hall–Kier alpha value is -3.02. The van der Waals surface area contributed by atoms with Crippen molar-refractivity contribution in [1.29, 1.82) is 0 Å². The molecule has 0 saturated heterocycles. The zero-order valence-corrected chi connectivity index (χ0v) is 14.1. The topological polar surface area (TPSA) is 59.2 Å².